The number of hydrogen-bond donors (Lipinski definition) is 0. The Kier molecular flexibility index (Phi) is 20.3. The summed E-state index contributed by atoms with van der Waals surface area (Å²) in [6.45, 7) is 7.25. The zero-order valence-electron chi connectivity index (χ0n) is 42.8. The van der Waals surface area contributed by atoms with Crippen molar-refractivity contribution in [3.8, 4) is 0 Å². The van der Waals surface area contributed by atoms with E-state index in [0.29, 0.717) is 0 Å². The molecule has 0 saturated heterocycles. The van der Waals surface area contributed by atoms with Crippen LogP contribution in [0, 0.1) is 34.6 Å². The average molecular weight is 1120 g/mol. The van der Waals surface area contributed by atoms with Crippen molar-refractivity contribution < 1.29 is 42.1 Å². The molecule has 1 heterocycles. The van der Waals surface area contributed by atoms with E-state index in [2.05, 4.69) is 0 Å². The van der Waals surface area contributed by atoms with Gasteiger partial charge in [0.25, 0.3) is 0 Å². The van der Waals surface area contributed by atoms with E-state index in [4.69, 9.17) is 0 Å². The summed E-state index contributed by atoms with van der Waals surface area (Å²) in [5.41, 5.74) is 4.23. The van der Waals surface area contributed by atoms with Crippen LogP contribution < -0.4 is 0 Å². The Balaban J connectivity index is 1.43. The molecular formula is C55H65N5O10S5. The van der Waals surface area contributed by atoms with E-state index in [1.54, 1.807) is 121 Å². The molecule has 0 aliphatic carbocycles. The van der Waals surface area contributed by atoms with Crippen LogP contribution in [0.3, 0.4) is 0 Å². The van der Waals surface area contributed by atoms with Crippen LogP contribution in [0.15, 0.2) is 207 Å². The molecule has 0 spiro atoms. The lowest BCUT2D eigenvalue weighted by Gasteiger charge is -2.22. The normalized spacial score (nSPS) is 19.3. The third kappa shape index (κ3) is 15.5. The van der Waals surface area contributed by atoms with Crippen LogP contribution in [0.2, 0.25) is 0 Å². The molecule has 0 bridgehead atoms. The Morgan fingerprint density at radius 2 is 0.320 bits per heavy atom. The van der Waals surface area contributed by atoms with Crippen LogP contribution in [-0.2, 0) is 50.1 Å². The summed E-state index contributed by atoms with van der Waals surface area (Å²) in [5, 5.41) is 0. The Hall–Kier alpha value is -5.65. The lowest BCUT2D eigenvalue weighted by atomic mass is 10.2. The van der Waals surface area contributed by atoms with Crippen LogP contribution >= 0.6 is 0 Å². The molecule has 0 atom stereocenters. The first kappa shape index (κ1) is 58.6. The molecule has 0 N–H and O–H groups in total. The summed E-state index contributed by atoms with van der Waals surface area (Å²) in [4.78, 5) is 0.108. The highest BCUT2D eigenvalue weighted by Gasteiger charge is 2.28. The third-order valence-corrected chi connectivity index (χ3v) is 21.4. The van der Waals surface area contributed by atoms with Gasteiger partial charge in [0.2, 0.25) is 50.1 Å². The van der Waals surface area contributed by atoms with Crippen molar-refractivity contribution in [1.82, 2.24) is 21.5 Å². The predicted molar refractivity (Wildman–Crippen MR) is 295 cm³/mol. The molecule has 0 fully saturated rings. The first-order valence-corrected chi connectivity index (χ1v) is 31.3. The van der Waals surface area contributed by atoms with Gasteiger partial charge in [-0.3, -0.25) is 0 Å². The summed E-state index contributed by atoms with van der Waals surface area (Å²) in [7, 11) is -20.8. The summed E-state index contributed by atoms with van der Waals surface area (Å²) in [6, 6.07) is 31.7. The van der Waals surface area contributed by atoms with E-state index in [1.807, 2.05) is 34.6 Å². The fourth-order valence-electron chi connectivity index (χ4n) is 7.57. The molecule has 1 aliphatic heterocycles. The summed E-state index contributed by atoms with van der Waals surface area (Å²) in [6.07, 6.45) is 15.5. The van der Waals surface area contributed by atoms with Gasteiger partial charge in [0.1, 0.15) is 0 Å². The van der Waals surface area contributed by atoms with E-state index in [1.165, 1.54) is 82.2 Å². The molecule has 400 valence electrons. The standard InChI is InChI=1S/C55H65N5O10S5/c1-46-16-26-51(27-17-46)71(61,62)56-36-6-8-38-57(72(63,64)52-28-18-47(2)19-29-52)40-10-12-42-59(74(67,68)54-32-22-49(4)23-33-54)44-14-15-45-60(75(69,70)55-34-24-50(5)25-35-55)43-13-11-41-58(39-9-7-37-56)73(65,66)53-30-20-48(3)21-31-53/h6-35H,36-45H2,1-5H3/b8-6+,9-7+,12-10+,13-11+,15-14+. The van der Waals surface area contributed by atoms with Gasteiger partial charge in [0.15, 0.2) is 0 Å². The minimum absolute atomic E-state index is 0.0216. The Morgan fingerprint density at radius 3 is 0.427 bits per heavy atom. The average Bonchev–Trinajstić information content (AvgIpc) is 3.36. The molecule has 0 radical (unpaired) electrons. The van der Waals surface area contributed by atoms with Crippen LogP contribution in [0.4, 0.5) is 0 Å². The monoisotopic (exact) mass is 1120 g/mol. The van der Waals surface area contributed by atoms with Gasteiger partial charge in [0.05, 0.1) is 24.5 Å². The number of hydrogen-bond acceptors (Lipinski definition) is 10. The first-order chi connectivity index (χ1) is 35.5. The lowest BCUT2D eigenvalue weighted by molar-refractivity contribution is 0.461. The molecular weight excluding hydrogens is 1050 g/mol. The Bertz CT molecular complexity index is 2870. The minimum atomic E-state index is -4.16. The van der Waals surface area contributed by atoms with Crippen molar-refractivity contribution in [3.63, 3.8) is 0 Å². The topological polar surface area (TPSA) is 187 Å². The van der Waals surface area contributed by atoms with E-state index in [-0.39, 0.29) is 89.9 Å². The van der Waals surface area contributed by atoms with Gasteiger partial charge in [-0.25, -0.2) is 42.1 Å². The Labute approximate surface area is 445 Å². The maximum atomic E-state index is 14.2. The van der Waals surface area contributed by atoms with Crippen LogP contribution in [0.25, 0.3) is 0 Å². The third-order valence-electron chi connectivity index (χ3n) is 12.2. The van der Waals surface area contributed by atoms with Gasteiger partial charge < -0.3 is 0 Å². The van der Waals surface area contributed by atoms with E-state index < -0.39 is 50.1 Å². The molecule has 5 aromatic rings. The smallest absolute Gasteiger partial charge is 0.207 e. The number of sulfonamides is 5. The predicted octanol–water partition coefficient (Wildman–Crippen LogP) is 7.78. The molecule has 75 heavy (non-hydrogen) atoms. The lowest BCUT2D eigenvalue weighted by Crippen LogP contribution is -2.34. The van der Waals surface area contributed by atoms with Crippen molar-refractivity contribution in [3.05, 3.63) is 210 Å². The second kappa shape index (κ2) is 25.9. The van der Waals surface area contributed by atoms with Gasteiger partial charge in [-0.1, -0.05) is 149 Å². The van der Waals surface area contributed by atoms with Crippen LogP contribution in [0.1, 0.15) is 27.8 Å². The summed E-state index contributed by atoms with van der Waals surface area (Å²) < 4.78 is 148. The van der Waals surface area contributed by atoms with Gasteiger partial charge in [-0.05, 0) is 95.3 Å². The van der Waals surface area contributed by atoms with Crippen molar-refractivity contribution in [2.45, 2.75) is 59.1 Å². The van der Waals surface area contributed by atoms with E-state index in [0.717, 1.165) is 27.8 Å². The maximum absolute atomic E-state index is 14.2. The van der Waals surface area contributed by atoms with Crippen molar-refractivity contribution in [1.29, 1.82) is 0 Å². The second-order valence-electron chi connectivity index (χ2n) is 18.0. The molecule has 6 rings (SSSR count). The van der Waals surface area contributed by atoms with Crippen LogP contribution in [0.5, 0.6) is 0 Å². The fraction of sp³-hybridized carbons (Fsp3) is 0.273. The number of rotatable bonds is 10. The minimum Gasteiger partial charge on any atom is -0.207 e. The van der Waals surface area contributed by atoms with Gasteiger partial charge >= 0.3 is 0 Å². The highest BCUT2D eigenvalue weighted by Crippen LogP contribution is 2.23. The number of benzene rings is 5. The quantitative estimate of drug-likeness (QED) is 0.125. The zero-order valence-corrected chi connectivity index (χ0v) is 46.8. The van der Waals surface area contributed by atoms with Crippen molar-refractivity contribution >= 4 is 50.1 Å². The molecule has 0 unspecified atom stereocenters. The summed E-state index contributed by atoms with van der Waals surface area (Å²) >= 11 is 0. The fourth-order valence-corrected chi connectivity index (χ4v) is 14.3. The SMILES string of the molecule is Cc1ccc(S(=O)(=O)N2C/C=C/CN(S(=O)(=O)c3ccc(C)cc3)C/C=C/CN(S(=O)(=O)c3ccc(C)cc3)C/C=C/CN(S(=O)(=O)c3ccc(C)cc3)C/C=C/CN(S(=O)(=O)c3ccc(C)cc3)C/C=C/C2)cc1. The first-order valence-electron chi connectivity index (χ1n) is 24.1. The largest absolute Gasteiger partial charge is 0.243 e. The molecule has 1 aliphatic rings. The Morgan fingerprint density at radius 1 is 0.213 bits per heavy atom. The molecule has 20 heteroatoms. The van der Waals surface area contributed by atoms with Gasteiger partial charge in [-0.2, -0.15) is 21.5 Å². The molecule has 5 aromatic carbocycles. The second-order valence-corrected chi connectivity index (χ2v) is 27.7. The molecule has 0 amide bonds. The van der Waals surface area contributed by atoms with Gasteiger partial charge in [-0.15, -0.1) is 0 Å². The molecule has 0 saturated carbocycles. The highest BCUT2D eigenvalue weighted by atomic mass is 32.2. The molecule has 0 aromatic heterocycles. The number of aryl methyl sites for hydroxylation is 5. The molecule has 15 nitrogen and oxygen atoms in total. The number of nitrogens with zero attached hydrogens (tertiary/aromatic N) is 5. The van der Waals surface area contributed by atoms with Crippen molar-refractivity contribution in [2.75, 3.05) is 65.4 Å². The summed E-state index contributed by atoms with van der Waals surface area (Å²) in [5.74, 6) is 0. The maximum Gasteiger partial charge on any atom is 0.243 e. The van der Waals surface area contributed by atoms with Crippen molar-refractivity contribution in [2.24, 2.45) is 0 Å². The van der Waals surface area contributed by atoms with E-state index >= 15 is 0 Å². The zero-order chi connectivity index (χ0) is 54.4. The van der Waals surface area contributed by atoms with Gasteiger partial charge in [0, 0.05) is 65.4 Å². The van der Waals surface area contributed by atoms with Crippen LogP contribution in [-0.4, -0.2) is 129 Å². The van der Waals surface area contributed by atoms with E-state index in [9.17, 15) is 42.1 Å². The highest BCUT2D eigenvalue weighted by molar-refractivity contribution is 7.90.